The predicted octanol–water partition coefficient (Wildman–Crippen LogP) is 5.82. The summed E-state index contributed by atoms with van der Waals surface area (Å²) in [5, 5.41) is 10.9. The lowest BCUT2D eigenvalue weighted by molar-refractivity contribution is 0.0994. The van der Waals surface area contributed by atoms with Crippen LogP contribution in [0.2, 0.25) is 0 Å². The van der Waals surface area contributed by atoms with Gasteiger partial charge in [0.1, 0.15) is 5.60 Å². The van der Waals surface area contributed by atoms with Crippen molar-refractivity contribution in [3.05, 3.63) is 23.3 Å². The number of allylic oxidation sites excluding steroid dienone is 2. The molecule has 0 saturated heterocycles. The first-order chi connectivity index (χ1) is 10.5. The van der Waals surface area contributed by atoms with E-state index in [4.69, 9.17) is 0 Å². The molecule has 2 nitrogen and oxygen atoms in total. The number of hydrogen-bond donors (Lipinski definition) is 1. The van der Waals surface area contributed by atoms with E-state index in [2.05, 4.69) is 18.7 Å². The zero-order chi connectivity index (χ0) is 18.2. The average Bonchev–Trinajstić information content (AvgIpc) is 2.60. The fraction of sp³-hybridized carbons (Fsp3) is 0.800. The van der Waals surface area contributed by atoms with Gasteiger partial charge >= 0.3 is 0 Å². The molecule has 1 N–H and O–H groups in total. The first kappa shape index (κ1) is 26.3. The summed E-state index contributed by atoms with van der Waals surface area (Å²) in [4.78, 5) is 2.40. The van der Waals surface area contributed by atoms with Crippen molar-refractivity contribution in [3.63, 3.8) is 0 Å². The number of aliphatic hydroxyl groups is 1. The van der Waals surface area contributed by atoms with Crippen molar-refractivity contribution in [2.75, 3.05) is 19.6 Å². The third kappa shape index (κ3) is 9.42. The first-order valence-corrected chi connectivity index (χ1v) is 9.17. The summed E-state index contributed by atoms with van der Waals surface area (Å²) in [5.41, 5.74) is 1.35. The van der Waals surface area contributed by atoms with Crippen molar-refractivity contribution < 1.29 is 5.11 Å². The molecular weight excluding hydrogens is 270 g/mol. The molecule has 2 heteroatoms. The second-order valence-corrected chi connectivity index (χ2v) is 4.93. The Bertz CT molecular complexity index is 270. The van der Waals surface area contributed by atoms with Crippen molar-refractivity contribution in [1.82, 2.24) is 4.90 Å². The third-order valence-electron chi connectivity index (χ3n) is 4.08. The van der Waals surface area contributed by atoms with Gasteiger partial charge in [-0.15, -0.1) is 0 Å². The molecule has 0 radical (unpaired) electrons. The molecule has 0 aliphatic carbocycles. The second-order valence-electron chi connectivity index (χ2n) is 4.93. The van der Waals surface area contributed by atoms with Gasteiger partial charge in [-0.05, 0) is 71.3 Å². The lowest BCUT2D eigenvalue weighted by Crippen LogP contribution is -2.33. The van der Waals surface area contributed by atoms with Gasteiger partial charge in [0.15, 0.2) is 0 Å². The highest BCUT2D eigenvalue weighted by atomic mass is 16.3. The van der Waals surface area contributed by atoms with Crippen molar-refractivity contribution in [2.24, 2.45) is 0 Å². The summed E-state index contributed by atoms with van der Waals surface area (Å²) in [6.45, 7) is 23.6. The fourth-order valence-corrected chi connectivity index (χ4v) is 2.28. The van der Waals surface area contributed by atoms with E-state index in [-0.39, 0.29) is 0 Å². The van der Waals surface area contributed by atoms with Crippen molar-refractivity contribution >= 4 is 0 Å². The molecule has 0 aliphatic heterocycles. The maximum atomic E-state index is 10.9. The molecule has 0 aromatic carbocycles. The molecule has 0 heterocycles. The summed E-state index contributed by atoms with van der Waals surface area (Å²) < 4.78 is 0. The van der Waals surface area contributed by atoms with Gasteiger partial charge < -0.3 is 10.0 Å². The van der Waals surface area contributed by atoms with Crippen LogP contribution in [0.5, 0.6) is 0 Å². The summed E-state index contributed by atoms with van der Waals surface area (Å²) in [5.74, 6) is 0. The molecule has 0 aromatic heterocycles. The zero-order valence-electron chi connectivity index (χ0n) is 17.1. The molecule has 0 saturated carbocycles. The maximum Gasteiger partial charge on any atom is 0.106 e. The highest BCUT2D eigenvalue weighted by Gasteiger charge is 2.29. The third-order valence-corrected chi connectivity index (χ3v) is 4.08. The molecule has 0 fully saturated rings. The van der Waals surface area contributed by atoms with Crippen molar-refractivity contribution in [2.45, 2.75) is 87.7 Å². The van der Waals surface area contributed by atoms with Crippen LogP contribution in [0.4, 0.5) is 0 Å². The lowest BCUT2D eigenvalue weighted by atomic mass is 9.83. The smallest absolute Gasteiger partial charge is 0.106 e. The molecule has 134 valence electrons. The van der Waals surface area contributed by atoms with Crippen LogP contribution in [0.1, 0.15) is 82.1 Å². The molecule has 0 rings (SSSR count). The standard InChI is InChI=1S/C16H31NO.2C2H6/c1-7-14(5)16(18,15(6)8-2)12-11-13-17(9-3)10-4;2*1-2/h7-8,18H,9-13H2,1-6H3;2*1-2H3/b14-7-,15-8+;;. The van der Waals surface area contributed by atoms with Gasteiger partial charge in [0.05, 0.1) is 0 Å². The van der Waals surface area contributed by atoms with Crippen LogP contribution in [0.15, 0.2) is 23.3 Å². The molecule has 0 bridgehead atoms. The van der Waals surface area contributed by atoms with E-state index < -0.39 is 5.60 Å². The number of rotatable bonds is 8. The van der Waals surface area contributed by atoms with Crippen molar-refractivity contribution in [3.8, 4) is 0 Å². The van der Waals surface area contributed by atoms with Crippen LogP contribution in [0.25, 0.3) is 0 Å². The van der Waals surface area contributed by atoms with Gasteiger partial charge in [-0.1, -0.05) is 53.7 Å². The van der Waals surface area contributed by atoms with Crippen LogP contribution >= 0.6 is 0 Å². The Kier molecular flexibility index (Phi) is 20.0. The van der Waals surface area contributed by atoms with E-state index in [0.29, 0.717) is 0 Å². The highest BCUT2D eigenvalue weighted by Crippen LogP contribution is 2.30. The Labute approximate surface area is 141 Å². The van der Waals surface area contributed by atoms with Crippen LogP contribution in [-0.2, 0) is 0 Å². The Morgan fingerprint density at radius 2 is 1.27 bits per heavy atom. The number of nitrogens with zero attached hydrogens (tertiary/aromatic N) is 1. The van der Waals surface area contributed by atoms with E-state index >= 15 is 0 Å². The molecule has 1 unspecified atom stereocenters. The highest BCUT2D eigenvalue weighted by molar-refractivity contribution is 5.29. The predicted molar refractivity (Wildman–Crippen MR) is 104 cm³/mol. The SMILES string of the molecule is C/C=C(/C)C(O)(CCCN(CC)CC)/C(C)=C/C.CC.CC. The molecule has 0 aromatic rings. The molecule has 0 spiro atoms. The van der Waals surface area contributed by atoms with Gasteiger partial charge in [0.25, 0.3) is 0 Å². The molecule has 0 aliphatic rings. The summed E-state index contributed by atoms with van der Waals surface area (Å²) >= 11 is 0. The maximum absolute atomic E-state index is 10.9. The minimum absolute atomic E-state index is 0.753. The quantitative estimate of drug-likeness (QED) is 0.570. The van der Waals surface area contributed by atoms with Gasteiger partial charge in [-0.2, -0.15) is 0 Å². The molecule has 22 heavy (non-hydrogen) atoms. The largest absolute Gasteiger partial charge is 0.381 e. The van der Waals surface area contributed by atoms with Gasteiger partial charge in [-0.25, -0.2) is 0 Å². The second kappa shape index (κ2) is 16.8. The minimum Gasteiger partial charge on any atom is -0.381 e. The van der Waals surface area contributed by atoms with E-state index in [0.717, 1.165) is 43.6 Å². The minimum atomic E-state index is -0.753. The average molecular weight is 314 g/mol. The van der Waals surface area contributed by atoms with E-state index in [9.17, 15) is 5.11 Å². The van der Waals surface area contributed by atoms with Crippen LogP contribution in [0, 0.1) is 0 Å². The molecule has 0 amide bonds. The van der Waals surface area contributed by atoms with Gasteiger partial charge in [-0.3, -0.25) is 0 Å². The first-order valence-electron chi connectivity index (χ1n) is 9.17. The Balaban J connectivity index is -0.000000826. The number of hydrogen-bond acceptors (Lipinski definition) is 2. The van der Waals surface area contributed by atoms with Crippen LogP contribution < -0.4 is 0 Å². The summed E-state index contributed by atoms with van der Waals surface area (Å²) in [6, 6.07) is 0. The van der Waals surface area contributed by atoms with E-state index in [1.54, 1.807) is 0 Å². The zero-order valence-corrected chi connectivity index (χ0v) is 17.1. The van der Waals surface area contributed by atoms with Crippen LogP contribution in [-0.4, -0.2) is 35.2 Å². The fourth-order valence-electron chi connectivity index (χ4n) is 2.28. The normalized spacial score (nSPS) is 14.5. The van der Waals surface area contributed by atoms with E-state index in [1.165, 1.54) is 0 Å². The van der Waals surface area contributed by atoms with Gasteiger partial charge in [0.2, 0.25) is 0 Å². The molecule has 1 atom stereocenters. The lowest BCUT2D eigenvalue weighted by Gasteiger charge is -2.31. The molecular formula is C20H43NO. The van der Waals surface area contributed by atoms with Gasteiger partial charge in [0, 0.05) is 0 Å². The topological polar surface area (TPSA) is 23.5 Å². The monoisotopic (exact) mass is 313 g/mol. The Morgan fingerprint density at radius 3 is 1.55 bits per heavy atom. The Hall–Kier alpha value is -0.600. The van der Waals surface area contributed by atoms with Crippen molar-refractivity contribution in [1.29, 1.82) is 0 Å². The van der Waals surface area contributed by atoms with Crippen LogP contribution in [0.3, 0.4) is 0 Å². The summed E-state index contributed by atoms with van der Waals surface area (Å²) in [7, 11) is 0. The van der Waals surface area contributed by atoms with E-state index in [1.807, 2.05) is 67.5 Å². The Morgan fingerprint density at radius 1 is 0.909 bits per heavy atom. The summed E-state index contributed by atoms with van der Waals surface area (Å²) in [6.07, 6.45) is 5.86.